The van der Waals surface area contributed by atoms with E-state index in [0.29, 0.717) is 31.4 Å². The largest absolute Gasteiger partial charge is 0.502 e. The zero-order valence-electron chi connectivity index (χ0n) is 17.9. The summed E-state index contributed by atoms with van der Waals surface area (Å²) in [5.41, 5.74) is -1.08. The summed E-state index contributed by atoms with van der Waals surface area (Å²) < 4.78 is 41.5. The van der Waals surface area contributed by atoms with Crippen molar-refractivity contribution in [2.45, 2.75) is 45.3 Å². The molecule has 2 aliphatic heterocycles. The maximum atomic E-state index is 14.1. The van der Waals surface area contributed by atoms with E-state index < -0.39 is 59.2 Å². The third-order valence-electron chi connectivity index (χ3n) is 5.94. The second-order valence-electron chi connectivity index (χ2n) is 8.18. The fourth-order valence-corrected chi connectivity index (χ4v) is 4.31. The van der Waals surface area contributed by atoms with Crippen molar-refractivity contribution in [2.24, 2.45) is 0 Å². The van der Waals surface area contributed by atoms with Crippen LogP contribution in [-0.2, 0) is 6.54 Å². The number of alkyl halides is 2. The lowest BCUT2D eigenvalue weighted by atomic mass is 10.0. The van der Waals surface area contributed by atoms with Crippen molar-refractivity contribution in [1.29, 1.82) is 0 Å². The van der Waals surface area contributed by atoms with Crippen LogP contribution in [0.25, 0.3) is 0 Å². The van der Waals surface area contributed by atoms with E-state index in [1.165, 1.54) is 16.8 Å². The lowest BCUT2D eigenvalue weighted by molar-refractivity contribution is 0.0264. The Labute approximate surface area is 187 Å². The first-order valence-corrected chi connectivity index (χ1v) is 10.6. The second kappa shape index (κ2) is 8.80. The number of hydrogen-bond acceptors (Lipinski definition) is 5. The molecule has 0 bridgehead atoms. The first-order valence-electron chi connectivity index (χ1n) is 10.6. The molecule has 2 aliphatic rings. The number of fused-ring (bicyclic) bond motifs is 3. The van der Waals surface area contributed by atoms with Crippen LogP contribution in [0.5, 0.6) is 5.75 Å². The van der Waals surface area contributed by atoms with Gasteiger partial charge >= 0.3 is 0 Å². The van der Waals surface area contributed by atoms with Gasteiger partial charge in [0.2, 0.25) is 5.43 Å². The molecule has 4 rings (SSSR count). The predicted molar refractivity (Wildman–Crippen MR) is 112 cm³/mol. The predicted octanol–water partition coefficient (Wildman–Crippen LogP) is 2.10. The number of nitrogens with one attached hydrogen (secondary N) is 1. The summed E-state index contributed by atoms with van der Waals surface area (Å²) in [5, 5.41) is 14.6. The number of aromatic nitrogens is 1. The summed E-state index contributed by atoms with van der Waals surface area (Å²) in [6, 6.07) is 4.50. The van der Waals surface area contributed by atoms with E-state index in [2.05, 4.69) is 5.32 Å². The molecule has 3 heterocycles. The van der Waals surface area contributed by atoms with Crippen LogP contribution in [-0.4, -0.2) is 52.2 Å². The Hall–Kier alpha value is -3.50. The maximum Gasteiger partial charge on any atom is 0.278 e. The highest BCUT2D eigenvalue weighted by molar-refractivity contribution is 5.99. The first kappa shape index (κ1) is 22.7. The molecule has 0 radical (unpaired) electrons. The first-order chi connectivity index (χ1) is 15.7. The molecular weight excluding hydrogens is 441 g/mol. The summed E-state index contributed by atoms with van der Waals surface area (Å²) in [4.78, 5) is 39.3. The zero-order valence-corrected chi connectivity index (χ0v) is 17.9. The van der Waals surface area contributed by atoms with Gasteiger partial charge in [-0.05, 0) is 37.8 Å². The minimum absolute atomic E-state index is 0.194. The number of rotatable bonds is 5. The number of pyridine rings is 1. The Morgan fingerprint density at radius 3 is 2.73 bits per heavy atom. The minimum atomic E-state index is -2.79. The third-order valence-corrected chi connectivity index (χ3v) is 5.94. The van der Waals surface area contributed by atoms with Crippen molar-refractivity contribution in [3.63, 3.8) is 0 Å². The van der Waals surface area contributed by atoms with Gasteiger partial charge in [0.1, 0.15) is 17.5 Å². The molecule has 2 aromatic rings. The van der Waals surface area contributed by atoms with Gasteiger partial charge in [-0.2, -0.15) is 0 Å². The van der Waals surface area contributed by atoms with Crippen LogP contribution in [0.2, 0.25) is 0 Å². The van der Waals surface area contributed by atoms with E-state index in [4.69, 9.17) is 0 Å². The average Bonchev–Trinajstić information content (AvgIpc) is 2.77. The van der Waals surface area contributed by atoms with Crippen molar-refractivity contribution in [2.75, 3.05) is 18.1 Å². The van der Waals surface area contributed by atoms with Crippen LogP contribution in [0.15, 0.2) is 29.2 Å². The number of halogens is 3. The molecular formula is C22H23F3N4O4. The molecule has 1 atom stereocenters. The van der Waals surface area contributed by atoms with Crippen molar-refractivity contribution < 1.29 is 27.9 Å². The molecule has 8 nitrogen and oxygen atoms in total. The number of carbonyl (C=O) groups is 2. The normalized spacial score (nSPS) is 17.7. The average molecular weight is 464 g/mol. The van der Waals surface area contributed by atoms with Gasteiger partial charge in [-0.15, -0.1) is 0 Å². The number of aryl methyl sites for hydroxylation is 1. The summed E-state index contributed by atoms with van der Waals surface area (Å²) in [5.74, 6) is -3.26. The van der Waals surface area contributed by atoms with E-state index >= 15 is 0 Å². The molecule has 0 saturated carbocycles. The summed E-state index contributed by atoms with van der Waals surface area (Å²) in [6.45, 7) is 1.07. The maximum absolute atomic E-state index is 14.1. The Morgan fingerprint density at radius 1 is 1.27 bits per heavy atom. The van der Waals surface area contributed by atoms with E-state index in [1.54, 1.807) is 18.0 Å². The second-order valence-corrected chi connectivity index (χ2v) is 8.18. The monoisotopic (exact) mass is 464 g/mol. The smallest absolute Gasteiger partial charge is 0.278 e. The quantitative estimate of drug-likeness (QED) is 0.707. The van der Waals surface area contributed by atoms with Gasteiger partial charge in [-0.1, -0.05) is 12.1 Å². The summed E-state index contributed by atoms with van der Waals surface area (Å²) >= 11 is 0. The highest BCUT2D eigenvalue weighted by Crippen LogP contribution is 2.30. The number of aromatic hydroxyl groups is 1. The molecule has 176 valence electrons. The van der Waals surface area contributed by atoms with Crippen molar-refractivity contribution in [3.05, 3.63) is 62.8 Å². The van der Waals surface area contributed by atoms with E-state index in [-0.39, 0.29) is 12.1 Å². The van der Waals surface area contributed by atoms with Crippen molar-refractivity contribution in [1.82, 2.24) is 14.9 Å². The van der Waals surface area contributed by atoms with Gasteiger partial charge < -0.3 is 15.3 Å². The number of carbonyl (C=O) groups excluding carboxylic acids is 2. The van der Waals surface area contributed by atoms with Crippen molar-refractivity contribution >= 4 is 11.8 Å². The van der Waals surface area contributed by atoms with Gasteiger partial charge in [-0.3, -0.25) is 24.1 Å². The number of hydrogen-bond donors (Lipinski definition) is 2. The van der Waals surface area contributed by atoms with Gasteiger partial charge in [0.25, 0.3) is 18.2 Å². The minimum Gasteiger partial charge on any atom is -0.502 e. The van der Waals surface area contributed by atoms with E-state index in [1.807, 2.05) is 0 Å². The van der Waals surface area contributed by atoms with Gasteiger partial charge in [0.15, 0.2) is 11.4 Å². The summed E-state index contributed by atoms with van der Waals surface area (Å²) in [6.07, 6.45) is -0.496. The van der Waals surface area contributed by atoms with Gasteiger partial charge in [0.05, 0.1) is 6.54 Å². The van der Waals surface area contributed by atoms with Crippen LogP contribution < -0.4 is 15.8 Å². The molecule has 1 saturated heterocycles. The van der Waals surface area contributed by atoms with Gasteiger partial charge in [-0.25, -0.2) is 13.2 Å². The van der Waals surface area contributed by atoms with E-state index in [9.17, 15) is 32.7 Å². The number of benzene rings is 1. The Bertz CT molecular complexity index is 1170. The van der Waals surface area contributed by atoms with Crippen LogP contribution in [0.3, 0.4) is 0 Å². The highest BCUT2D eigenvalue weighted by Gasteiger charge is 2.42. The van der Waals surface area contributed by atoms with Crippen LogP contribution in [0.1, 0.15) is 51.2 Å². The zero-order chi connectivity index (χ0) is 23.9. The molecule has 11 heteroatoms. The molecule has 0 aliphatic carbocycles. The fraction of sp³-hybridized carbons (Fsp3) is 0.409. The molecule has 0 spiro atoms. The Kier molecular flexibility index (Phi) is 6.05. The number of amides is 2. The van der Waals surface area contributed by atoms with Crippen LogP contribution in [0.4, 0.5) is 13.2 Å². The third kappa shape index (κ3) is 4.14. The SMILES string of the molecule is Cc1ccc(CNC(=O)c2cn3c(c(O)c2=O)C(=O)N(CC(F)F)[C@@H]2CCCCN23)c(F)c1. The topological polar surface area (TPSA) is 94.9 Å². The standard InChI is InChI=1S/C22H23F3N4O4/c1-12-5-6-13(15(23)8-12)9-26-21(32)14-10-29-18(20(31)19(14)30)22(33)27(11-16(24)25)17-4-2-3-7-28(17)29/h5-6,8,10,16-17,31H,2-4,7,9,11H2,1H3,(H,26,32)/t17-/m0/s1. The van der Waals surface area contributed by atoms with Crippen molar-refractivity contribution in [3.8, 4) is 5.75 Å². The Morgan fingerprint density at radius 2 is 2.03 bits per heavy atom. The fourth-order valence-electron chi connectivity index (χ4n) is 4.31. The molecule has 1 fully saturated rings. The molecule has 1 aromatic carbocycles. The van der Waals surface area contributed by atoms with Crippen LogP contribution in [0, 0.1) is 12.7 Å². The molecule has 1 aromatic heterocycles. The Balaban J connectivity index is 1.69. The number of nitrogens with zero attached hydrogens (tertiary/aromatic N) is 3. The molecule has 0 unspecified atom stereocenters. The lowest BCUT2D eigenvalue weighted by Gasteiger charge is -2.48. The molecule has 2 N–H and O–H groups in total. The molecule has 2 amide bonds. The summed E-state index contributed by atoms with van der Waals surface area (Å²) in [7, 11) is 0. The highest BCUT2D eigenvalue weighted by atomic mass is 19.3. The number of piperidine rings is 1. The van der Waals surface area contributed by atoms with Gasteiger partial charge in [0, 0.05) is 24.8 Å². The van der Waals surface area contributed by atoms with Crippen LogP contribution >= 0.6 is 0 Å². The lowest BCUT2D eigenvalue weighted by Crippen LogP contribution is -2.63. The molecule has 33 heavy (non-hydrogen) atoms. The van der Waals surface area contributed by atoms with E-state index in [0.717, 1.165) is 11.1 Å².